The Morgan fingerprint density at radius 2 is 1.04 bits per heavy atom. The number of anilines is 3. The molecule has 51 heavy (non-hydrogen) atoms. The third-order valence-corrected chi connectivity index (χ3v) is 15.4. The molecule has 0 unspecified atom stereocenters. The van der Waals surface area contributed by atoms with Crippen LogP contribution in [-0.4, -0.2) is 0 Å². The Kier molecular flexibility index (Phi) is 5.69. The molecule has 0 saturated heterocycles. The van der Waals surface area contributed by atoms with Crippen molar-refractivity contribution in [2.45, 2.75) is 56.8 Å². The second-order valence-corrected chi connectivity index (χ2v) is 18.0. The van der Waals surface area contributed by atoms with Gasteiger partial charge in [0, 0.05) is 48.1 Å². The number of hydrogen-bond donors (Lipinski definition) is 0. The summed E-state index contributed by atoms with van der Waals surface area (Å²) in [6, 6.07) is 49.4. The van der Waals surface area contributed by atoms with Crippen molar-refractivity contribution < 1.29 is 0 Å². The highest BCUT2D eigenvalue weighted by molar-refractivity contribution is 7.25. The molecule has 0 radical (unpaired) electrons. The van der Waals surface area contributed by atoms with Gasteiger partial charge >= 0.3 is 0 Å². The van der Waals surface area contributed by atoms with E-state index < -0.39 is 0 Å². The zero-order valence-corrected chi connectivity index (χ0v) is 30.1. The summed E-state index contributed by atoms with van der Waals surface area (Å²) in [5, 5.41) is 2.70. The lowest BCUT2D eigenvalue weighted by molar-refractivity contribution is -0.0399. The van der Waals surface area contributed by atoms with Crippen LogP contribution in [0.2, 0.25) is 0 Å². The van der Waals surface area contributed by atoms with Crippen LogP contribution in [-0.2, 0) is 10.8 Å². The van der Waals surface area contributed by atoms with Gasteiger partial charge < -0.3 is 4.90 Å². The van der Waals surface area contributed by atoms with Gasteiger partial charge in [0.2, 0.25) is 0 Å². The van der Waals surface area contributed by atoms with E-state index in [1.165, 1.54) is 103 Å². The molecule has 6 aliphatic rings. The summed E-state index contributed by atoms with van der Waals surface area (Å²) in [4.78, 5) is 2.57. The molecule has 1 spiro atoms. The van der Waals surface area contributed by atoms with Crippen LogP contribution < -0.4 is 4.90 Å². The minimum atomic E-state index is -0.0174. The standard InChI is InChI=1S/C49H41NS/c1-48(2)42-12-6-3-10-37(42)41-26-33(17-20-43(41)48)50(35-16-19-40-39-11-5-8-14-46(39)51-47(40)28-35)34-15-18-38-36-9-4-7-13-44(36)49(45(38)27-34)31-22-29-21-30(24-31)25-32(49)23-29/h3-20,26-32H,21-25H2,1-2H3. The topological polar surface area (TPSA) is 3.24 Å². The molecular weight excluding hydrogens is 635 g/mol. The number of nitrogens with zero attached hydrogens (tertiary/aromatic N) is 1. The summed E-state index contributed by atoms with van der Waals surface area (Å²) in [7, 11) is 0. The summed E-state index contributed by atoms with van der Waals surface area (Å²) >= 11 is 1.91. The summed E-state index contributed by atoms with van der Waals surface area (Å²) in [6.07, 6.45) is 7.08. The Bertz CT molecular complexity index is 2570. The fraction of sp³-hybridized carbons (Fsp3) is 0.265. The first-order valence-corrected chi connectivity index (χ1v) is 20.0. The Morgan fingerprint density at radius 3 is 1.84 bits per heavy atom. The van der Waals surface area contributed by atoms with Gasteiger partial charge in [-0.25, -0.2) is 0 Å². The lowest BCUT2D eigenvalue weighted by atomic mass is 9.43. The van der Waals surface area contributed by atoms with Gasteiger partial charge in [-0.3, -0.25) is 0 Å². The number of thiophene rings is 1. The van der Waals surface area contributed by atoms with Crippen LogP contribution in [0.25, 0.3) is 42.4 Å². The normalized spacial score (nSPS) is 25.7. The first-order valence-electron chi connectivity index (χ1n) is 19.2. The van der Waals surface area contributed by atoms with Gasteiger partial charge in [-0.2, -0.15) is 0 Å². The maximum Gasteiger partial charge on any atom is 0.0476 e. The van der Waals surface area contributed by atoms with E-state index in [1.807, 2.05) is 11.3 Å². The van der Waals surface area contributed by atoms with Gasteiger partial charge in [0.25, 0.3) is 0 Å². The summed E-state index contributed by atoms with van der Waals surface area (Å²) in [6.45, 7) is 4.76. The largest absolute Gasteiger partial charge is 0.310 e. The predicted octanol–water partition coefficient (Wildman–Crippen LogP) is 13.6. The molecule has 0 atom stereocenters. The first-order chi connectivity index (χ1) is 25.0. The van der Waals surface area contributed by atoms with E-state index in [0.717, 1.165) is 23.7 Å². The smallest absolute Gasteiger partial charge is 0.0476 e. The van der Waals surface area contributed by atoms with Crippen LogP contribution >= 0.6 is 11.3 Å². The van der Waals surface area contributed by atoms with Gasteiger partial charge in [-0.15, -0.1) is 11.3 Å². The van der Waals surface area contributed by atoms with Gasteiger partial charge in [0.1, 0.15) is 0 Å². The molecule has 1 heterocycles. The molecule has 4 saturated carbocycles. The average molecular weight is 676 g/mol. The van der Waals surface area contributed by atoms with Crippen molar-refractivity contribution in [3.63, 3.8) is 0 Å². The van der Waals surface area contributed by atoms with E-state index in [-0.39, 0.29) is 10.8 Å². The van der Waals surface area contributed by atoms with E-state index in [1.54, 1.807) is 11.1 Å². The van der Waals surface area contributed by atoms with Crippen molar-refractivity contribution in [1.29, 1.82) is 0 Å². The predicted molar refractivity (Wildman–Crippen MR) is 215 cm³/mol. The minimum absolute atomic E-state index is 0.0174. The van der Waals surface area contributed by atoms with Gasteiger partial charge in [-0.05, 0) is 143 Å². The molecule has 0 amide bonds. The fourth-order valence-corrected chi connectivity index (χ4v) is 13.6. The van der Waals surface area contributed by atoms with Crippen LogP contribution in [0.5, 0.6) is 0 Å². The fourth-order valence-electron chi connectivity index (χ4n) is 12.4. The van der Waals surface area contributed by atoms with Crippen LogP contribution in [0, 0.1) is 23.7 Å². The quantitative estimate of drug-likeness (QED) is 0.180. The molecular formula is C49H41NS. The maximum atomic E-state index is 2.65. The lowest BCUT2D eigenvalue weighted by Gasteiger charge is -2.61. The van der Waals surface area contributed by atoms with Crippen LogP contribution in [0.1, 0.15) is 68.2 Å². The van der Waals surface area contributed by atoms with Crippen molar-refractivity contribution in [2.75, 3.05) is 4.90 Å². The minimum Gasteiger partial charge on any atom is -0.310 e. The van der Waals surface area contributed by atoms with Crippen molar-refractivity contribution in [1.82, 2.24) is 0 Å². The van der Waals surface area contributed by atoms with Crippen LogP contribution in [0.4, 0.5) is 17.1 Å². The molecule has 1 nitrogen and oxygen atoms in total. The third kappa shape index (κ3) is 3.72. The van der Waals surface area contributed by atoms with Gasteiger partial charge in [0.05, 0.1) is 0 Å². The zero-order chi connectivity index (χ0) is 33.6. The van der Waals surface area contributed by atoms with Crippen molar-refractivity contribution in [3.8, 4) is 22.3 Å². The number of benzene rings is 6. The van der Waals surface area contributed by atoms with E-state index in [0.29, 0.717) is 0 Å². The first kappa shape index (κ1) is 29.0. The highest BCUT2D eigenvalue weighted by Crippen LogP contribution is 2.69. The SMILES string of the molecule is CC1(C)c2ccccc2-c2cc(N(c3ccc4c(c3)C3(c5ccccc5-4)C4CC5CC(C4)CC3C5)c3ccc4c(c3)sc3ccccc34)ccc21. The van der Waals surface area contributed by atoms with Crippen LogP contribution in [0.15, 0.2) is 127 Å². The summed E-state index contributed by atoms with van der Waals surface area (Å²) < 4.78 is 2.70. The van der Waals surface area contributed by atoms with Crippen LogP contribution in [0.3, 0.4) is 0 Å². The highest BCUT2D eigenvalue weighted by Gasteiger charge is 2.61. The molecule has 248 valence electrons. The van der Waals surface area contributed by atoms with E-state index in [9.17, 15) is 0 Å². The van der Waals surface area contributed by atoms with Crippen molar-refractivity contribution in [2.24, 2.45) is 23.7 Å². The Balaban J connectivity index is 1.09. The molecule has 4 bridgehead atoms. The van der Waals surface area contributed by atoms with Crippen molar-refractivity contribution >= 4 is 48.6 Å². The Hall–Kier alpha value is -4.66. The van der Waals surface area contributed by atoms with E-state index >= 15 is 0 Å². The van der Waals surface area contributed by atoms with Gasteiger partial charge in [0.15, 0.2) is 0 Å². The Morgan fingerprint density at radius 1 is 0.471 bits per heavy atom. The second kappa shape index (κ2) is 10.0. The van der Waals surface area contributed by atoms with E-state index in [4.69, 9.17) is 0 Å². The molecule has 4 fully saturated rings. The summed E-state index contributed by atoms with van der Waals surface area (Å²) in [5.74, 6) is 3.35. The molecule has 0 N–H and O–H groups in total. The third-order valence-electron chi connectivity index (χ3n) is 14.2. The monoisotopic (exact) mass is 675 g/mol. The average Bonchev–Trinajstić information content (AvgIpc) is 3.74. The highest BCUT2D eigenvalue weighted by atomic mass is 32.1. The maximum absolute atomic E-state index is 2.65. The molecule has 7 aromatic rings. The Labute approximate surface area is 304 Å². The number of rotatable bonds is 3. The second-order valence-electron chi connectivity index (χ2n) is 17.0. The number of hydrogen-bond acceptors (Lipinski definition) is 2. The molecule has 1 aromatic heterocycles. The molecule has 6 aliphatic carbocycles. The number of fused-ring (bicyclic) bond motifs is 9. The molecule has 0 aliphatic heterocycles. The molecule has 2 heteroatoms. The van der Waals surface area contributed by atoms with Crippen molar-refractivity contribution in [3.05, 3.63) is 150 Å². The molecule has 6 aromatic carbocycles. The summed E-state index contributed by atoms with van der Waals surface area (Å²) in [5.41, 5.74) is 15.6. The zero-order valence-electron chi connectivity index (χ0n) is 29.3. The lowest BCUT2D eigenvalue weighted by Crippen LogP contribution is -2.55. The van der Waals surface area contributed by atoms with Gasteiger partial charge in [-0.1, -0.05) is 98.8 Å². The van der Waals surface area contributed by atoms with E-state index in [2.05, 4.69) is 146 Å². The molecule has 13 rings (SSSR count).